The monoisotopic (exact) mass is 351 g/mol. The van der Waals surface area contributed by atoms with Crippen LogP contribution in [0, 0.1) is 0 Å². The summed E-state index contributed by atoms with van der Waals surface area (Å²) in [6, 6.07) is 9.57. The van der Waals surface area contributed by atoms with Crippen LogP contribution < -0.4 is 10.1 Å². The third-order valence-electron chi connectivity index (χ3n) is 2.18. The topological polar surface area (TPSA) is 21.3 Å². The van der Waals surface area contributed by atoms with Crippen LogP contribution in [0.25, 0.3) is 0 Å². The standard InChI is InChI=1S/C12H9BrF3NOS/c13-11-6-5-10(19-11)7-17-8-1-3-9(4-2-8)18-12(14,15)16/h1-6,17H,7H2. The van der Waals surface area contributed by atoms with Gasteiger partial charge in [0.15, 0.2) is 0 Å². The van der Waals surface area contributed by atoms with Crippen molar-refractivity contribution in [2.75, 3.05) is 5.32 Å². The summed E-state index contributed by atoms with van der Waals surface area (Å²) in [5.74, 6) is -0.225. The molecule has 1 aromatic heterocycles. The van der Waals surface area contributed by atoms with E-state index in [0.29, 0.717) is 6.54 Å². The first-order valence-electron chi connectivity index (χ1n) is 5.26. The Morgan fingerprint density at radius 3 is 2.32 bits per heavy atom. The number of hydrogen-bond donors (Lipinski definition) is 1. The molecule has 0 saturated heterocycles. The maximum atomic E-state index is 12.0. The molecule has 1 aromatic carbocycles. The van der Waals surface area contributed by atoms with Crippen LogP contribution in [-0.4, -0.2) is 6.36 Å². The molecule has 2 aromatic rings. The van der Waals surface area contributed by atoms with Crippen LogP contribution >= 0.6 is 27.3 Å². The van der Waals surface area contributed by atoms with Gasteiger partial charge in [0.25, 0.3) is 0 Å². The van der Waals surface area contributed by atoms with Crippen LogP contribution in [0.2, 0.25) is 0 Å². The van der Waals surface area contributed by atoms with E-state index in [1.807, 2.05) is 12.1 Å². The Morgan fingerprint density at radius 2 is 1.79 bits per heavy atom. The Labute approximate surface area is 120 Å². The second-order valence-corrected chi connectivity index (χ2v) is 6.18. The number of benzene rings is 1. The van der Waals surface area contributed by atoms with Gasteiger partial charge in [-0.25, -0.2) is 0 Å². The Bertz CT molecular complexity index is 539. The minimum Gasteiger partial charge on any atom is -0.406 e. The summed E-state index contributed by atoms with van der Waals surface area (Å²) >= 11 is 4.96. The summed E-state index contributed by atoms with van der Waals surface area (Å²) in [5.41, 5.74) is 0.735. The van der Waals surface area contributed by atoms with Gasteiger partial charge in [0, 0.05) is 17.1 Å². The van der Waals surface area contributed by atoms with Gasteiger partial charge in [0.1, 0.15) is 5.75 Å². The summed E-state index contributed by atoms with van der Waals surface area (Å²) in [5, 5.41) is 3.12. The zero-order chi connectivity index (χ0) is 13.9. The number of halogens is 4. The minimum absolute atomic E-state index is 0.225. The minimum atomic E-state index is -4.65. The van der Waals surface area contributed by atoms with Crippen LogP contribution in [0.4, 0.5) is 18.9 Å². The molecule has 0 fully saturated rings. The number of thiophene rings is 1. The molecule has 7 heteroatoms. The molecule has 1 N–H and O–H groups in total. The van der Waals surface area contributed by atoms with Crippen LogP contribution in [0.5, 0.6) is 5.75 Å². The molecule has 0 aliphatic heterocycles. The molecular weight excluding hydrogens is 343 g/mol. The summed E-state index contributed by atoms with van der Waals surface area (Å²) in [6.45, 7) is 0.621. The molecule has 2 rings (SSSR count). The normalized spacial score (nSPS) is 11.4. The van der Waals surface area contributed by atoms with Gasteiger partial charge in [0.05, 0.1) is 3.79 Å². The number of ether oxygens (including phenoxy) is 1. The number of nitrogens with one attached hydrogen (secondary N) is 1. The number of rotatable bonds is 4. The zero-order valence-electron chi connectivity index (χ0n) is 9.50. The van der Waals surface area contributed by atoms with E-state index in [1.54, 1.807) is 23.5 Å². The van der Waals surface area contributed by atoms with Crippen molar-refractivity contribution in [3.63, 3.8) is 0 Å². The first kappa shape index (κ1) is 14.2. The lowest BCUT2D eigenvalue weighted by molar-refractivity contribution is -0.274. The molecule has 2 nitrogen and oxygen atoms in total. The lowest BCUT2D eigenvalue weighted by Gasteiger charge is -2.10. The SMILES string of the molecule is FC(F)(F)Oc1ccc(NCc2ccc(Br)s2)cc1. The van der Waals surface area contributed by atoms with E-state index in [0.717, 1.165) is 14.4 Å². The van der Waals surface area contributed by atoms with Crippen molar-refractivity contribution in [3.8, 4) is 5.75 Å². The second kappa shape index (κ2) is 5.83. The fraction of sp³-hybridized carbons (Fsp3) is 0.167. The quantitative estimate of drug-likeness (QED) is 0.834. The maximum absolute atomic E-state index is 12.0. The van der Waals surface area contributed by atoms with Gasteiger partial charge in [-0.15, -0.1) is 24.5 Å². The molecule has 0 saturated carbocycles. The van der Waals surface area contributed by atoms with E-state index in [-0.39, 0.29) is 5.75 Å². The predicted molar refractivity (Wildman–Crippen MR) is 72.5 cm³/mol. The van der Waals surface area contributed by atoms with E-state index >= 15 is 0 Å². The van der Waals surface area contributed by atoms with E-state index in [1.165, 1.54) is 12.1 Å². The molecule has 0 bridgehead atoms. The number of hydrogen-bond acceptors (Lipinski definition) is 3. The lowest BCUT2D eigenvalue weighted by Crippen LogP contribution is -2.17. The Morgan fingerprint density at radius 1 is 1.11 bits per heavy atom. The van der Waals surface area contributed by atoms with Gasteiger partial charge in [-0.3, -0.25) is 0 Å². The van der Waals surface area contributed by atoms with E-state index in [2.05, 4.69) is 26.0 Å². The predicted octanol–water partition coefficient (Wildman–Crippen LogP) is 5.02. The van der Waals surface area contributed by atoms with Crippen LogP contribution in [-0.2, 0) is 6.54 Å². The molecule has 0 aliphatic rings. The fourth-order valence-corrected chi connectivity index (χ4v) is 2.83. The molecule has 0 spiro atoms. The second-order valence-electron chi connectivity index (χ2n) is 3.63. The Kier molecular flexibility index (Phi) is 4.36. The molecule has 0 aliphatic carbocycles. The first-order valence-corrected chi connectivity index (χ1v) is 6.87. The van der Waals surface area contributed by atoms with E-state index in [4.69, 9.17) is 0 Å². The van der Waals surface area contributed by atoms with Crippen molar-refractivity contribution in [3.05, 3.63) is 45.1 Å². The molecule has 0 radical (unpaired) electrons. The van der Waals surface area contributed by atoms with Gasteiger partial charge < -0.3 is 10.1 Å². The number of alkyl halides is 3. The number of anilines is 1. The summed E-state index contributed by atoms with van der Waals surface area (Å²) in [6.07, 6.45) is -4.65. The summed E-state index contributed by atoms with van der Waals surface area (Å²) < 4.78 is 40.7. The lowest BCUT2D eigenvalue weighted by atomic mass is 10.3. The third-order valence-corrected chi connectivity index (χ3v) is 3.81. The van der Waals surface area contributed by atoms with Gasteiger partial charge >= 0.3 is 6.36 Å². The third kappa shape index (κ3) is 4.76. The zero-order valence-corrected chi connectivity index (χ0v) is 11.9. The highest BCUT2D eigenvalue weighted by molar-refractivity contribution is 9.11. The molecule has 0 atom stereocenters. The molecule has 0 amide bonds. The van der Waals surface area contributed by atoms with Gasteiger partial charge in [0.2, 0.25) is 0 Å². The van der Waals surface area contributed by atoms with Crippen molar-refractivity contribution in [2.45, 2.75) is 12.9 Å². The van der Waals surface area contributed by atoms with Gasteiger partial charge in [-0.1, -0.05) is 0 Å². The smallest absolute Gasteiger partial charge is 0.406 e. The van der Waals surface area contributed by atoms with Crippen molar-refractivity contribution in [1.82, 2.24) is 0 Å². The molecule has 102 valence electrons. The summed E-state index contributed by atoms with van der Waals surface area (Å²) in [7, 11) is 0. The van der Waals surface area contributed by atoms with Crippen molar-refractivity contribution >= 4 is 33.0 Å². The maximum Gasteiger partial charge on any atom is 0.573 e. The van der Waals surface area contributed by atoms with Crippen molar-refractivity contribution in [1.29, 1.82) is 0 Å². The largest absolute Gasteiger partial charge is 0.573 e. The van der Waals surface area contributed by atoms with Crippen LogP contribution in [0.3, 0.4) is 0 Å². The molecule has 1 heterocycles. The highest BCUT2D eigenvalue weighted by Crippen LogP contribution is 2.25. The average molecular weight is 352 g/mol. The van der Waals surface area contributed by atoms with E-state index < -0.39 is 6.36 Å². The summed E-state index contributed by atoms with van der Waals surface area (Å²) in [4.78, 5) is 1.13. The highest BCUT2D eigenvalue weighted by Gasteiger charge is 2.30. The molecule has 0 unspecified atom stereocenters. The van der Waals surface area contributed by atoms with Crippen LogP contribution in [0.15, 0.2) is 40.2 Å². The highest BCUT2D eigenvalue weighted by atomic mass is 79.9. The Balaban J connectivity index is 1.91. The van der Waals surface area contributed by atoms with Gasteiger partial charge in [-0.2, -0.15) is 0 Å². The van der Waals surface area contributed by atoms with Crippen LogP contribution in [0.1, 0.15) is 4.88 Å². The molecule has 19 heavy (non-hydrogen) atoms. The Hall–Kier alpha value is -1.21. The van der Waals surface area contributed by atoms with Crippen molar-refractivity contribution < 1.29 is 17.9 Å². The first-order chi connectivity index (χ1) is 8.92. The van der Waals surface area contributed by atoms with Crippen molar-refractivity contribution in [2.24, 2.45) is 0 Å². The van der Waals surface area contributed by atoms with Gasteiger partial charge in [-0.05, 0) is 52.3 Å². The van der Waals surface area contributed by atoms with E-state index in [9.17, 15) is 13.2 Å². The average Bonchev–Trinajstić information content (AvgIpc) is 2.72. The fourth-order valence-electron chi connectivity index (χ4n) is 1.41. The molecular formula is C12H9BrF3NOS.